The summed E-state index contributed by atoms with van der Waals surface area (Å²) >= 11 is 0. The van der Waals surface area contributed by atoms with Crippen molar-refractivity contribution in [3.8, 4) is 11.5 Å². The van der Waals surface area contributed by atoms with Crippen molar-refractivity contribution in [1.29, 1.82) is 0 Å². The number of carbonyl (C=O) groups is 1. The van der Waals surface area contributed by atoms with Crippen LogP contribution in [0.2, 0.25) is 0 Å². The number of hydrogen-bond donors (Lipinski definition) is 0. The van der Waals surface area contributed by atoms with Gasteiger partial charge in [0.05, 0.1) is 13.2 Å². The van der Waals surface area contributed by atoms with Crippen molar-refractivity contribution >= 4 is 6.29 Å². The summed E-state index contributed by atoms with van der Waals surface area (Å²) in [6.07, 6.45) is 6.91. The predicted molar refractivity (Wildman–Crippen MR) is 91.9 cm³/mol. The highest BCUT2D eigenvalue weighted by molar-refractivity contribution is 5.50. The first-order valence-corrected chi connectivity index (χ1v) is 8.88. The molecule has 0 saturated carbocycles. The second-order valence-electron chi connectivity index (χ2n) is 5.84. The molecule has 0 radical (unpaired) electrons. The summed E-state index contributed by atoms with van der Waals surface area (Å²) in [4.78, 5) is 10.0. The number of rotatable bonds is 13. The second kappa shape index (κ2) is 11.9. The van der Waals surface area contributed by atoms with Crippen LogP contribution >= 0.6 is 0 Å². The Kier molecular flexibility index (Phi) is 9.27. The summed E-state index contributed by atoms with van der Waals surface area (Å²) in [5, 5.41) is 0. The van der Waals surface area contributed by atoms with Gasteiger partial charge in [0.15, 0.2) is 0 Å². The van der Waals surface area contributed by atoms with Crippen LogP contribution in [0.4, 0.5) is 0 Å². The molecule has 0 unspecified atom stereocenters. The molecular weight excluding hydrogens is 308 g/mol. The fourth-order valence-electron chi connectivity index (χ4n) is 2.60. The zero-order valence-corrected chi connectivity index (χ0v) is 14.3. The van der Waals surface area contributed by atoms with Gasteiger partial charge in [-0.3, -0.25) is 0 Å². The van der Waals surface area contributed by atoms with E-state index in [9.17, 15) is 4.79 Å². The van der Waals surface area contributed by atoms with Crippen molar-refractivity contribution in [2.75, 3.05) is 39.6 Å². The summed E-state index contributed by atoms with van der Waals surface area (Å²) in [5.41, 5.74) is 1.25. The van der Waals surface area contributed by atoms with E-state index in [1.54, 1.807) is 0 Å². The molecule has 24 heavy (non-hydrogen) atoms. The van der Waals surface area contributed by atoms with Gasteiger partial charge in [-0.25, -0.2) is 0 Å². The third-order valence-electron chi connectivity index (χ3n) is 3.84. The summed E-state index contributed by atoms with van der Waals surface area (Å²) in [5.74, 6) is 1.94. The number of unbranched alkanes of at least 4 members (excludes halogenated alkanes) is 2. The Balaban J connectivity index is 1.43. The van der Waals surface area contributed by atoms with E-state index in [0.717, 1.165) is 76.1 Å². The SMILES string of the molecule is O=CCOCCCOCCCCCOc1ccc2c(c1)CCCO2. The van der Waals surface area contributed by atoms with Gasteiger partial charge < -0.3 is 23.7 Å². The molecule has 1 aliphatic heterocycles. The number of aryl methyl sites for hydroxylation is 1. The van der Waals surface area contributed by atoms with E-state index in [2.05, 4.69) is 6.07 Å². The van der Waals surface area contributed by atoms with Gasteiger partial charge in [0, 0.05) is 19.8 Å². The van der Waals surface area contributed by atoms with Crippen molar-refractivity contribution in [2.24, 2.45) is 0 Å². The number of fused-ring (bicyclic) bond motifs is 1. The maximum atomic E-state index is 10.0. The highest BCUT2D eigenvalue weighted by Crippen LogP contribution is 2.28. The second-order valence-corrected chi connectivity index (χ2v) is 5.84. The average molecular weight is 336 g/mol. The van der Waals surface area contributed by atoms with Gasteiger partial charge in [-0.1, -0.05) is 0 Å². The molecule has 1 aromatic carbocycles. The van der Waals surface area contributed by atoms with Gasteiger partial charge in [0.2, 0.25) is 0 Å². The number of carbonyl (C=O) groups excluding carboxylic acids is 1. The van der Waals surface area contributed by atoms with Crippen molar-refractivity contribution in [2.45, 2.75) is 38.5 Å². The van der Waals surface area contributed by atoms with Gasteiger partial charge in [0.1, 0.15) is 24.4 Å². The molecule has 1 aromatic rings. The molecule has 0 aliphatic carbocycles. The minimum Gasteiger partial charge on any atom is -0.494 e. The van der Waals surface area contributed by atoms with Gasteiger partial charge in [-0.15, -0.1) is 0 Å². The molecule has 0 atom stereocenters. The van der Waals surface area contributed by atoms with Gasteiger partial charge in [0.25, 0.3) is 0 Å². The predicted octanol–water partition coefficient (Wildman–Crippen LogP) is 3.18. The van der Waals surface area contributed by atoms with Crippen LogP contribution in [0.1, 0.15) is 37.7 Å². The molecule has 134 valence electrons. The van der Waals surface area contributed by atoms with Crippen LogP contribution in [-0.2, 0) is 20.7 Å². The fourth-order valence-corrected chi connectivity index (χ4v) is 2.60. The summed E-state index contributed by atoms with van der Waals surface area (Å²) in [6, 6.07) is 6.10. The molecule has 0 N–H and O–H groups in total. The first-order chi connectivity index (χ1) is 11.9. The smallest absolute Gasteiger partial charge is 0.145 e. The normalized spacial score (nSPS) is 13.2. The minimum atomic E-state index is 0.178. The number of benzene rings is 1. The van der Waals surface area contributed by atoms with Crippen LogP contribution < -0.4 is 9.47 Å². The van der Waals surface area contributed by atoms with E-state index < -0.39 is 0 Å². The lowest BCUT2D eigenvalue weighted by Crippen LogP contribution is -2.08. The van der Waals surface area contributed by atoms with Crippen molar-refractivity contribution < 1.29 is 23.7 Å². The Labute approximate surface area is 144 Å². The molecule has 0 saturated heterocycles. The van der Waals surface area contributed by atoms with E-state index >= 15 is 0 Å². The van der Waals surface area contributed by atoms with Crippen LogP contribution in [-0.4, -0.2) is 45.9 Å². The zero-order chi connectivity index (χ0) is 16.9. The molecule has 1 heterocycles. The van der Waals surface area contributed by atoms with Crippen LogP contribution in [0.15, 0.2) is 18.2 Å². The Hall–Kier alpha value is -1.59. The zero-order valence-electron chi connectivity index (χ0n) is 14.3. The lowest BCUT2D eigenvalue weighted by atomic mass is 10.1. The van der Waals surface area contributed by atoms with E-state index in [1.807, 2.05) is 12.1 Å². The van der Waals surface area contributed by atoms with Gasteiger partial charge >= 0.3 is 0 Å². The highest BCUT2D eigenvalue weighted by atomic mass is 16.5. The van der Waals surface area contributed by atoms with Crippen LogP contribution in [0.25, 0.3) is 0 Å². The van der Waals surface area contributed by atoms with Crippen molar-refractivity contribution in [3.63, 3.8) is 0 Å². The molecule has 0 fully saturated rings. The maximum absolute atomic E-state index is 10.0. The van der Waals surface area contributed by atoms with Crippen molar-refractivity contribution in [1.82, 2.24) is 0 Å². The first-order valence-electron chi connectivity index (χ1n) is 8.88. The van der Waals surface area contributed by atoms with E-state index in [-0.39, 0.29) is 6.61 Å². The standard InChI is InChI=1S/C19H28O5/c20-9-15-22-12-5-11-21-10-2-1-3-13-23-18-7-8-19-17(16-18)6-4-14-24-19/h7-9,16H,1-6,10-15H2. The van der Waals surface area contributed by atoms with E-state index in [1.165, 1.54) is 5.56 Å². The Morgan fingerprint density at radius 3 is 2.75 bits per heavy atom. The van der Waals surface area contributed by atoms with Crippen molar-refractivity contribution in [3.05, 3.63) is 23.8 Å². The Morgan fingerprint density at radius 2 is 1.83 bits per heavy atom. The lowest BCUT2D eigenvalue weighted by molar-refractivity contribution is -0.112. The molecule has 2 rings (SSSR count). The third-order valence-corrected chi connectivity index (χ3v) is 3.84. The summed E-state index contributed by atoms with van der Waals surface area (Å²) in [7, 11) is 0. The number of aldehydes is 1. The van der Waals surface area contributed by atoms with Crippen LogP contribution in [0.3, 0.4) is 0 Å². The molecule has 0 aromatic heterocycles. The third kappa shape index (κ3) is 7.32. The topological polar surface area (TPSA) is 54.0 Å². The minimum absolute atomic E-state index is 0.178. The largest absolute Gasteiger partial charge is 0.494 e. The lowest BCUT2D eigenvalue weighted by Gasteiger charge is -2.18. The van der Waals surface area contributed by atoms with E-state index in [4.69, 9.17) is 18.9 Å². The molecule has 5 heteroatoms. The monoisotopic (exact) mass is 336 g/mol. The molecule has 1 aliphatic rings. The van der Waals surface area contributed by atoms with Crippen LogP contribution in [0, 0.1) is 0 Å². The summed E-state index contributed by atoms with van der Waals surface area (Å²) < 4.78 is 22.0. The Morgan fingerprint density at radius 1 is 1.00 bits per heavy atom. The fraction of sp³-hybridized carbons (Fsp3) is 0.632. The highest BCUT2D eigenvalue weighted by Gasteiger charge is 2.10. The average Bonchev–Trinajstić information content (AvgIpc) is 2.62. The molecule has 5 nitrogen and oxygen atoms in total. The molecule has 0 spiro atoms. The number of hydrogen-bond acceptors (Lipinski definition) is 5. The molecule has 0 amide bonds. The summed E-state index contributed by atoms with van der Waals surface area (Å²) in [6.45, 7) is 3.77. The number of ether oxygens (including phenoxy) is 4. The van der Waals surface area contributed by atoms with Gasteiger partial charge in [-0.2, -0.15) is 0 Å². The van der Waals surface area contributed by atoms with Gasteiger partial charge in [-0.05, 0) is 62.3 Å². The first kappa shape index (κ1) is 18.7. The Bertz CT molecular complexity index is 475. The van der Waals surface area contributed by atoms with E-state index in [0.29, 0.717) is 13.2 Å². The molecular formula is C19H28O5. The quantitative estimate of drug-likeness (QED) is 0.409. The molecule has 0 bridgehead atoms. The van der Waals surface area contributed by atoms with Crippen LogP contribution in [0.5, 0.6) is 11.5 Å². The maximum Gasteiger partial charge on any atom is 0.145 e.